The first-order valence-corrected chi connectivity index (χ1v) is 10.6. The average Bonchev–Trinajstić information content (AvgIpc) is 2.96. The topological polar surface area (TPSA) is 26.3 Å². The Morgan fingerprint density at radius 3 is 1.88 bits per heavy atom. The van der Waals surface area contributed by atoms with E-state index in [0.717, 1.165) is 25.7 Å². The molecule has 1 fully saturated rings. The molecule has 140 valence electrons. The minimum absolute atomic E-state index is 0.00206. The summed E-state index contributed by atoms with van der Waals surface area (Å²) in [5.41, 5.74) is 1.23. The number of hydrogen-bond acceptors (Lipinski definition) is 2. The predicted octanol–water partition coefficient (Wildman–Crippen LogP) is 7.12. The van der Waals surface area contributed by atoms with Gasteiger partial charge in [0, 0.05) is 12.8 Å². The molecular weight excluding hydrogens is 296 g/mol. The summed E-state index contributed by atoms with van der Waals surface area (Å²) in [6.45, 7) is 6.23. The highest BCUT2D eigenvalue weighted by Gasteiger charge is 2.21. The summed E-state index contributed by atoms with van der Waals surface area (Å²) >= 11 is 0. The SMILES string of the molecule is C=C1CCC(OC(=O)CCCCCCCCCCCCCCC)C1. The third-order valence-electron chi connectivity index (χ3n) is 5.12. The van der Waals surface area contributed by atoms with Gasteiger partial charge < -0.3 is 4.74 Å². The van der Waals surface area contributed by atoms with Crippen LogP contribution in [0.2, 0.25) is 0 Å². The molecule has 1 unspecified atom stereocenters. The molecule has 0 aromatic rings. The first-order chi connectivity index (χ1) is 11.7. The summed E-state index contributed by atoms with van der Waals surface area (Å²) in [6, 6.07) is 0. The first kappa shape index (κ1) is 21.3. The highest BCUT2D eigenvalue weighted by molar-refractivity contribution is 5.69. The predicted molar refractivity (Wildman–Crippen MR) is 103 cm³/mol. The first-order valence-electron chi connectivity index (χ1n) is 10.6. The van der Waals surface area contributed by atoms with Gasteiger partial charge >= 0.3 is 5.97 Å². The number of carbonyl (C=O) groups is 1. The second-order valence-electron chi connectivity index (χ2n) is 7.60. The molecule has 1 saturated carbocycles. The Labute approximate surface area is 150 Å². The van der Waals surface area contributed by atoms with E-state index in [4.69, 9.17) is 4.74 Å². The molecule has 1 aliphatic rings. The van der Waals surface area contributed by atoms with Gasteiger partial charge in [0.05, 0.1) is 0 Å². The van der Waals surface area contributed by atoms with Crippen molar-refractivity contribution in [1.29, 1.82) is 0 Å². The van der Waals surface area contributed by atoms with Gasteiger partial charge in [-0.2, -0.15) is 0 Å². The van der Waals surface area contributed by atoms with Gasteiger partial charge in [0.1, 0.15) is 6.10 Å². The van der Waals surface area contributed by atoms with Crippen molar-refractivity contribution in [3.05, 3.63) is 12.2 Å². The van der Waals surface area contributed by atoms with Crippen molar-refractivity contribution in [2.75, 3.05) is 0 Å². The molecule has 0 radical (unpaired) electrons. The standard InChI is InChI=1S/C22H40O2/c1-3-4-5-6-7-8-9-10-11-12-13-14-15-16-22(23)24-21-18-17-20(2)19-21/h21H,2-19H2,1H3. The van der Waals surface area contributed by atoms with Crippen LogP contribution in [0.1, 0.15) is 116 Å². The fourth-order valence-corrected chi connectivity index (χ4v) is 3.52. The Morgan fingerprint density at radius 2 is 1.42 bits per heavy atom. The molecule has 2 heteroatoms. The highest BCUT2D eigenvalue weighted by Crippen LogP contribution is 2.25. The van der Waals surface area contributed by atoms with Crippen molar-refractivity contribution < 1.29 is 9.53 Å². The summed E-state index contributed by atoms with van der Waals surface area (Å²) in [5, 5.41) is 0. The maximum absolute atomic E-state index is 11.8. The summed E-state index contributed by atoms with van der Waals surface area (Å²) in [6.07, 6.45) is 21.0. The van der Waals surface area contributed by atoms with E-state index < -0.39 is 0 Å². The molecule has 0 saturated heterocycles. The number of ether oxygens (including phenoxy) is 1. The van der Waals surface area contributed by atoms with Crippen LogP contribution >= 0.6 is 0 Å². The molecule has 1 aliphatic carbocycles. The van der Waals surface area contributed by atoms with E-state index in [1.807, 2.05) is 0 Å². The van der Waals surface area contributed by atoms with Gasteiger partial charge in [-0.15, -0.1) is 0 Å². The van der Waals surface area contributed by atoms with E-state index in [0.29, 0.717) is 6.42 Å². The number of rotatable bonds is 15. The fraction of sp³-hybridized carbons (Fsp3) is 0.864. The maximum atomic E-state index is 11.8. The molecule has 0 aromatic heterocycles. The second kappa shape index (κ2) is 14.5. The molecule has 24 heavy (non-hydrogen) atoms. The molecule has 0 N–H and O–H groups in total. The van der Waals surface area contributed by atoms with Crippen molar-refractivity contribution >= 4 is 5.97 Å². The van der Waals surface area contributed by atoms with Gasteiger partial charge in [-0.3, -0.25) is 4.79 Å². The summed E-state index contributed by atoms with van der Waals surface area (Å²) in [5.74, 6) is -0.00206. The van der Waals surface area contributed by atoms with Gasteiger partial charge in [-0.1, -0.05) is 96.1 Å². The normalized spacial score (nSPS) is 17.4. The third kappa shape index (κ3) is 11.7. The lowest BCUT2D eigenvalue weighted by Gasteiger charge is -2.10. The Kier molecular flexibility index (Phi) is 12.9. The Bertz CT molecular complexity index is 335. The van der Waals surface area contributed by atoms with E-state index >= 15 is 0 Å². The van der Waals surface area contributed by atoms with Crippen molar-refractivity contribution in [3.8, 4) is 0 Å². The molecule has 1 rings (SSSR count). The van der Waals surface area contributed by atoms with Gasteiger partial charge in [0.2, 0.25) is 0 Å². The summed E-state index contributed by atoms with van der Waals surface area (Å²) in [7, 11) is 0. The van der Waals surface area contributed by atoms with Gasteiger partial charge in [-0.05, 0) is 19.3 Å². The van der Waals surface area contributed by atoms with Crippen LogP contribution < -0.4 is 0 Å². The Hall–Kier alpha value is -0.790. The van der Waals surface area contributed by atoms with Gasteiger partial charge in [0.15, 0.2) is 0 Å². The van der Waals surface area contributed by atoms with Crippen molar-refractivity contribution in [3.63, 3.8) is 0 Å². The highest BCUT2D eigenvalue weighted by atomic mass is 16.5. The summed E-state index contributed by atoms with van der Waals surface area (Å²) < 4.78 is 5.49. The molecular formula is C22H40O2. The fourth-order valence-electron chi connectivity index (χ4n) is 3.52. The molecule has 1 atom stereocenters. The molecule has 2 nitrogen and oxygen atoms in total. The van der Waals surface area contributed by atoms with Crippen LogP contribution in [0.4, 0.5) is 0 Å². The monoisotopic (exact) mass is 336 g/mol. The summed E-state index contributed by atoms with van der Waals surface area (Å²) in [4.78, 5) is 11.8. The van der Waals surface area contributed by atoms with Crippen LogP contribution in [0.5, 0.6) is 0 Å². The van der Waals surface area contributed by atoms with Crippen LogP contribution in [0, 0.1) is 0 Å². The van der Waals surface area contributed by atoms with Crippen LogP contribution in [0.3, 0.4) is 0 Å². The maximum Gasteiger partial charge on any atom is 0.306 e. The van der Waals surface area contributed by atoms with E-state index in [1.54, 1.807) is 0 Å². The number of carbonyl (C=O) groups excluding carboxylic acids is 1. The third-order valence-corrected chi connectivity index (χ3v) is 5.12. The van der Waals surface area contributed by atoms with E-state index in [1.165, 1.54) is 82.6 Å². The molecule has 0 heterocycles. The van der Waals surface area contributed by atoms with Crippen LogP contribution in [0.25, 0.3) is 0 Å². The van der Waals surface area contributed by atoms with Gasteiger partial charge in [0.25, 0.3) is 0 Å². The lowest BCUT2D eigenvalue weighted by molar-refractivity contribution is -0.148. The van der Waals surface area contributed by atoms with Crippen molar-refractivity contribution in [2.24, 2.45) is 0 Å². The zero-order chi connectivity index (χ0) is 17.5. The number of unbranched alkanes of at least 4 members (excludes halogenated alkanes) is 12. The lowest BCUT2D eigenvalue weighted by Crippen LogP contribution is -2.14. The molecule has 0 spiro atoms. The van der Waals surface area contributed by atoms with Crippen molar-refractivity contribution in [1.82, 2.24) is 0 Å². The second-order valence-corrected chi connectivity index (χ2v) is 7.60. The quantitative estimate of drug-likeness (QED) is 0.181. The van der Waals surface area contributed by atoms with Crippen LogP contribution in [-0.4, -0.2) is 12.1 Å². The van der Waals surface area contributed by atoms with E-state index in [-0.39, 0.29) is 12.1 Å². The van der Waals surface area contributed by atoms with E-state index in [2.05, 4.69) is 13.5 Å². The molecule has 0 aromatic carbocycles. The number of hydrogen-bond donors (Lipinski definition) is 0. The van der Waals surface area contributed by atoms with Gasteiger partial charge in [-0.25, -0.2) is 0 Å². The Morgan fingerprint density at radius 1 is 0.917 bits per heavy atom. The molecule has 0 amide bonds. The average molecular weight is 337 g/mol. The van der Waals surface area contributed by atoms with E-state index in [9.17, 15) is 4.79 Å². The van der Waals surface area contributed by atoms with Crippen LogP contribution in [-0.2, 0) is 9.53 Å². The van der Waals surface area contributed by atoms with Crippen LogP contribution in [0.15, 0.2) is 12.2 Å². The molecule has 0 aliphatic heterocycles. The zero-order valence-corrected chi connectivity index (χ0v) is 16.1. The zero-order valence-electron chi connectivity index (χ0n) is 16.1. The smallest absolute Gasteiger partial charge is 0.306 e. The van der Waals surface area contributed by atoms with Crippen molar-refractivity contribution in [2.45, 2.75) is 122 Å². The minimum atomic E-state index is -0.00206. The molecule has 0 bridgehead atoms. The number of esters is 1. The Balaban J connectivity index is 1.77. The largest absolute Gasteiger partial charge is 0.462 e. The lowest BCUT2D eigenvalue weighted by atomic mass is 10.0. The minimum Gasteiger partial charge on any atom is -0.462 e.